The number of aliphatic imine (C=N–C) groups is 1. The van der Waals surface area contributed by atoms with Crippen molar-refractivity contribution in [3.63, 3.8) is 0 Å². The highest BCUT2D eigenvalue weighted by molar-refractivity contribution is 8.18. The molecule has 0 unspecified atom stereocenters. The number of benzene rings is 2. The summed E-state index contributed by atoms with van der Waals surface area (Å²) in [5.41, 5.74) is 3.21. The topological polar surface area (TPSA) is 51.1 Å². The molecule has 1 amide bonds. The second-order valence-electron chi connectivity index (χ2n) is 6.72. The van der Waals surface area contributed by atoms with Gasteiger partial charge in [0.15, 0.2) is 5.17 Å². The number of aryl methyl sites for hydroxylation is 1. The van der Waals surface area contributed by atoms with Gasteiger partial charge in [0.1, 0.15) is 12.4 Å². The van der Waals surface area contributed by atoms with Crippen LogP contribution in [0, 0.1) is 6.92 Å². The van der Waals surface area contributed by atoms with Crippen LogP contribution in [0.15, 0.2) is 58.4 Å². The molecule has 2 aliphatic heterocycles. The SMILES string of the molecule is Cc1ccc(COc2ccccc2C=C2SC(N3CCOCC3)=NC2=O)cc1. The molecule has 0 aromatic heterocycles. The van der Waals surface area contributed by atoms with Gasteiger partial charge in [-0.3, -0.25) is 4.79 Å². The van der Waals surface area contributed by atoms with E-state index in [1.807, 2.05) is 30.3 Å². The summed E-state index contributed by atoms with van der Waals surface area (Å²) < 4.78 is 11.4. The van der Waals surface area contributed by atoms with E-state index in [0.717, 1.165) is 35.1 Å². The standard InChI is InChI=1S/C22H22N2O3S/c1-16-6-8-17(9-7-16)15-27-19-5-3-2-4-18(19)14-20-21(25)23-22(28-20)24-10-12-26-13-11-24/h2-9,14H,10-13,15H2,1H3. The molecule has 2 aromatic carbocycles. The maximum atomic E-state index is 12.4. The first-order valence-electron chi connectivity index (χ1n) is 9.32. The number of hydrogen-bond donors (Lipinski definition) is 0. The number of carbonyl (C=O) groups is 1. The third-order valence-electron chi connectivity index (χ3n) is 4.61. The van der Waals surface area contributed by atoms with Crippen molar-refractivity contribution in [2.24, 2.45) is 4.99 Å². The maximum Gasteiger partial charge on any atom is 0.286 e. The van der Waals surface area contributed by atoms with Gasteiger partial charge in [0.05, 0.1) is 18.1 Å². The lowest BCUT2D eigenvalue weighted by molar-refractivity contribution is -0.113. The fraction of sp³-hybridized carbons (Fsp3) is 0.273. The normalized spacial score (nSPS) is 18.5. The van der Waals surface area contributed by atoms with Gasteiger partial charge in [0.25, 0.3) is 5.91 Å². The zero-order chi connectivity index (χ0) is 19.3. The van der Waals surface area contributed by atoms with E-state index in [2.05, 4.69) is 41.1 Å². The predicted octanol–water partition coefficient (Wildman–Crippen LogP) is 3.88. The molecule has 0 saturated carbocycles. The zero-order valence-electron chi connectivity index (χ0n) is 15.8. The van der Waals surface area contributed by atoms with Crippen molar-refractivity contribution in [3.8, 4) is 5.75 Å². The van der Waals surface area contributed by atoms with E-state index in [0.29, 0.717) is 24.7 Å². The Morgan fingerprint density at radius 1 is 1.14 bits per heavy atom. The molecule has 4 rings (SSSR count). The quantitative estimate of drug-likeness (QED) is 0.737. The van der Waals surface area contributed by atoms with Crippen LogP contribution in [0.25, 0.3) is 6.08 Å². The van der Waals surface area contributed by atoms with Crippen LogP contribution in [0.5, 0.6) is 5.75 Å². The molecule has 0 bridgehead atoms. The molecule has 5 nitrogen and oxygen atoms in total. The van der Waals surface area contributed by atoms with Gasteiger partial charge in [0.2, 0.25) is 0 Å². The second-order valence-corrected chi connectivity index (χ2v) is 7.73. The Morgan fingerprint density at radius 2 is 1.89 bits per heavy atom. The van der Waals surface area contributed by atoms with Gasteiger partial charge < -0.3 is 14.4 Å². The van der Waals surface area contributed by atoms with Crippen molar-refractivity contribution >= 4 is 28.9 Å². The molecule has 2 aromatic rings. The van der Waals surface area contributed by atoms with Gasteiger partial charge in [-0.25, -0.2) is 0 Å². The largest absolute Gasteiger partial charge is 0.488 e. The summed E-state index contributed by atoms with van der Waals surface area (Å²) in [7, 11) is 0. The molecular weight excluding hydrogens is 372 g/mol. The van der Waals surface area contributed by atoms with Crippen molar-refractivity contribution in [3.05, 3.63) is 70.1 Å². The minimum atomic E-state index is -0.195. The minimum absolute atomic E-state index is 0.195. The van der Waals surface area contributed by atoms with E-state index in [9.17, 15) is 4.79 Å². The molecule has 0 radical (unpaired) electrons. The Hall–Kier alpha value is -2.57. The van der Waals surface area contributed by atoms with Crippen molar-refractivity contribution < 1.29 is 14.3 Å². The average Bonchev–Trinajstić information content (AvgIpc) is 3.10. The molecule has 144 valence electrons. The smallest absolute Gasteiger partial charge is 0.286 e. The molecule has 2 aliphatic rings. The first kappa shape index (κ1) is 18.8. The number of morpholine rings is 1. The summed E-state index contributed by atoms with van der Waals surface area (Å²) in [6.45, 7) is 5.42. The third-order valence-corrected chi connectivity index (χ3v) is 5.66. The van der Waals surface area contributed by atoms with Gasteiger partial charge in [-0.15, -0.1) is 0 Å². The highest BCUT2D eigenvalue weighted by Gasteiger charge is 2.27. The summed E-state index contributed by atoms with van der Waals surface area (Å²) in [6, 6.07) is 16.0. The molecule has 0 N–H and O–H groups in total. The van der Waals surface area contributed by atoms with Crippen LogP contribution in [0.4, 0.5) is 0 Å². The Kier molecular flexibility index (Phi) is 5.78. The summed E-state index contributed by atoms with van der Waals surface area (Å²) in [6.07, 6.45) is 1.87. The molecule has 6 heteroatoms. The summed E-state index contributed by atoms with van der Waals surface area (Å²) >= 11 is 1.42. The Bertz CT molecular complexity index is 916. The fourth-order valence-corrected chi connectivity index (χ4v) is 3.96. The van der Waals surface area contributed by atoms with Gasteiger partial charge in [-0.2, -0.15) is 4.99 Å². The highest BCUT2D eigenvalue weighted by Crippen LogP contribution is 2.32. The summed E-state index contributed by atoms with van der Waals surface area (Å²) in [5.74, 6) is 0.559. The molecule has 1 fully saturated rings. The summed E-state index contributed by atoms with van der Waals surface area (Å²) in [4.78, 5) is 19.3. The monoisotopic (exact) mass is 394 g/mol. The molecular formula is C22H22N2O3S. The number of hydrogen-bond acceptors (Lipinski definition) is 5. The zero-order valence-corrected chi connectivity index (χ0v) is 16.6. The van der Waals surface area contributed by atoms with Crippen molar-refractivity contribution in [1.82, 2.24) is 4.90 Å². The number of rotatable bonds is 4. The predicted molar refractivity (Wildman–Crippen MR) is 112 cm³/mol. The van der Waals surface area contributed by atoms with E-state index in [1.54, 1.807) is 0 Å². The molecule has 2 heterocycles. The van der Waals surface area contributed by atoms with Crippen LogP contribution in [0.2, 0.25) is 0 Å². The lowest BCUT2D eigenvalue weighted by Crippen LogP contribution is -2.38. The van der Waals surface area contributed by atoms with E-state index in [1.165, 1.54) is 17.3 Å². The second kappa shape index (κ2) is 8.63. The molecule has 0 aliphatic carbocycles. The van der Waals surface area contributed by atoms with E-state index in [4.69, 9.17) is 9.47 Å². The van der Waals surface area contributed by atoms with Crippen LogP contribution >= 0.6 is 11.8 Å². The number of ether oxygens (including phenoxy) is 2. The first-order chi connectivity index (χ1) is 13.7. The average molecular weight is 394 g/mol. The van der Waals surface area contributed by atoms with Crippen LogP contribution in [0.3, 0.4) is 0 Å². The van der Waals surface area contributed by atoms with Gasteiger partial charge >= 0.3 is 0 Å². The van der Waals surface area contributed by atoms with E-state index < -0.39 is 0 Å². The van der Waals surface area contributed by atoms with E-state index >= 15 is 0 Å². The Morgan fingerprint density at radius 3 is 2.68 bits per heavy atom. The lowest BCUT2D eigenvalue weighted by atomic mass is 10.1. The van der Waals surface area contributed by atoms with Gasteiger partial charge in [0, 0.05) is 18.7 Å². The highest BCUT2D eigenvalue weighted by atomic mass is 32.2. The third kappa shape index (κ3) is 4.46. The lowest BCUT2D eigenvalue weighted by Gasteiger charge is -2.27. The Labute approximate surface area is 169 Å². The molecule has 0 atom stereocenters. The fourth-order valence-electron chi connectivity index (χ4n) is 3.01. The van der Waals surface area contributed by atoms with E-state index in [-0.39, 0.29) is 5.91 Å². The summed E-state index contributed by atoms with van der Waals surface area (Å²) in [5, 5.41) is 0.762. The van der Waals surface area contributed by atoms with Gasteiger partial charge in [-0.05, 0) is 36.4 Å². The van der Waals surface area contributed by atoms with Crippen LogP contribution in [-0.4, -0.2) is 42.3 Å². The van der Waals surface area contributed by atoms with Crippen LogP contribution in [0.1, 0.15) is 16.7 Å². The van der Waals surface area contributed by atoms with Crippen molar-refractivity contribution in [2.45, 2.75) is 13.5 Å². The van der Waals surface area contributed by atoms with Crippen molar-refractivity contribution in [1.29, 1.82) is 0 Å². The molecule has 0 spiro atoms. The van der Waals surface area contributed by atoms with Crippen LogP contribution in [-0.2, 0) is 16.1 Å². The maximum absolute atomic E-state index is 12.4. The molecule has 28 heavy (non-hydrogen) atoms. The number of thioether (sulfide) groups is 1. The number of amides is 1. The number of para-hydroxylation sites is 1. The van der Waals surface area contributed by atoms with Crippen molar-refractivity contribution in [2.75, 3.05) is 26.3 Å². The number of nitrogens with zero attached hydrogens (tertiary/aromatic N) is 2. The number of carbonyl (C=O) groups excluding carboxylic acids is 1. The first-order valence-corrected chi connectivity index (χ1v) is 10.1. The minimum Gasteiger partial charge on any atom is -0.488 e. The molecule has 1 saturated heterocycles. The van der Waals surface area contributed by atoms with Crippen LogP contribution < -0.4 is 4.74 Å². The Balaban J connectivity index is 1.47. The number of amidine groups is 1. The van der Waals surface area contributed by atoms with Gasteiger partial charge in [-0.1, -0.05) is 48.0 Å².